The van der Waals surface area contributed by atoms with Crippen LogP contribution in [0.3, 0.4) is 0 Å². The van der Waals surface area contributed by atoms with Gasteiger partial charge in [0.15, 0.2) is 18.7 Å². The van der Waals surface area contributed by atoms with Crippen LogP contribution in [0.1, 0.15) is 44.9 Å². The third-order valence-electron chi connectivity index (χ3n) is 11.4. The lowest BCUT2D eigenvalue weighted by Crippen LogP contribution is -2.41. The number of aliphatic hydroxyl groups excluding tert-OH is 2. The molecule has 2 amide bonds. The predicted molar refractivity (Wildman–Crippen MR) is 242 cm³/mol. The number of Topliss-reactive ketones (excluding diaryl/α,β-unsaturated/α-hetero) is 1. The molecule has 6 rings (SSSR count). The normalized spacial score (nSPS) is 28.4. The van der Waals surface area contributed by atoms with Crippen molar-refractivity contribution in [1.29, 1.82) is 0 Å². The van der Waals surface area contributed by atoms with Gasteiger partial charge in [0.2, 0.25) is 11.8 Å². The van der Waals surface area contributed by atoms with Crippen LogP contribution in [0.15, 0.2) is 65.6 Å². The van der Waals surface area contributed by atoms with E-state index in [-0.39, 0.29) is 31.7 Å². The van der Waals surface area contributed by atoms with Crippen LogP contribution in [0, 0.1) is 0 Å². The zero-order chi connectivity index (χ0) is 54.1. The van der Waals surface area contributed by atoms with Crippen molar-refractivity contribution >= 4 is 33.2 Å². The summed E-state index contributed by atoms with van der Waals surface area (Å²) in [6.07, 6.45) is -18.0. The molecule has 33 nitrogen and oxygen atoms in total. The van der Waals surface area contributed by atoms with Crippen molar-refractivity contribution in [1.82, 2.24) is 39.3 Å². The van der Waals surface area contributed by atoms with Crippen molar-refractivity contribution < 1.29 is 90.0 Å². The Labute approximate surface area is 414 Å². The molecule has 3 aromatic heterocycles. The van der Waals surface area contributed by atoms with E-state index in [2.05, 4.69) is 10.6 Å². The third kappa shape index (κ3) is 14.7. The summed E-state index contributed by atoms with van der Waals surface area (Å²) in [7, 11) is -8.44. The Bertz CT molecular complexity index is 2920. The summed E-state index contributed by atoms with van der Waals surface area (Å²) in [6, 6.07) is 2.80. The molecular formula is C39H54N8O25P2. The van der Waals surface area contributed by atoms with Crippen LogP contribution in [0.2, 0.25) is 0 Å². The van der Waals surface area contributed by atoms with Gasteiger partial charge >= 0.3 is 32.7 Å². The minimum absolute atomic E-state index is 0.128. The van der Waals surface area contributed by atoms with E-state index in [4.69, 9.17) is 46.5 Å². The second-order valence-corrected chi connectivity index (χ2v) is 19.2. The average Bonchev–Trinajstić information content (AvgIpc) is 3.96. The zero-order valence-corrected chi connectivity index (χ0v) is 41.1. The number of aromatic nitrogens is 6. The third-order valence-corrected chi connectivity index (χ3v) is 13.3. The molecule has 3 saturated heterocycles. The molecule has 410 valence electrons. The molecule has 0 radical (unpaired) electrons. The van der Waals surface area contributed by atoms with E-state index in [1.807, 2.05) is 15.0 Å². The molecule has 0 spiro atoms. The van der Waals surface area contributed by atoms with E-state index < -0.39 is 168 Å². The highest BCUT2D eigenvalue weighted by Crippen LogP contribution is 2.52. The number of phosphoric ester groups is 2. The van der Waals surface area contributed by atoms with Crippen molar-refractivity contribution in [3.63, 3.8) is 0 Å². The van der Waals surface area contributed by atoms with E-state index in [9.17, 15) is 72.3 Å². The van der Waals surface area contributed by atoms with E-state index in [0.717, 1.165) is 50.5 Å². The molecule has 74 heavy (non-hydrogen) atoms. The molecule has 14 atom stereocenters. The van der Waals surface area contributed by atoms with Crippen molar-refractivity contribution in [2.45, 2.75) is 99.8 Å². The van der Waals surface area contributed by atoms with Gasteiger partial charge in [-0.15, -0.1) is 0 Å². The Morgan fingerprint density at radius 1 is 0.595 bits per heavy atom. The SMILES string of the molecule is CNC(=O)CCO[C@H]1C(OP(=O)(O)OC[C@H]2O[C@@H](n3ccc(=O)[nH]c3=O)[C@@H](OCCC(=O)NC)C2OP(=O)(O)OC[C@H]2O[C@@H](n3ccc(=O)[nH]c3=O)[C@@H](OCCC(C)=O)C2O)[C@@H](CO)O[C@H]1n1ccc(=O)[nH]c1=O. The number of aromatic amines is 3. The van der Waals surface area contributed by atoms with Gasteiger partial charge in [0.1, 0.15) is 60.7 Å². The zero-order valence-electron chi connectivity index (χ0n) is 39.4. The predicted octanol–water partition coefficient (Wildman–Crippen LogP) is -4.91. The van der Waals surface area contributed by atoms with Gasteiger partial charge in [0.05, 0.1) is 39.6 Å². The van der Waals surface area contributed by atoms with Gasteiger partial charge in [-0.1, -0.05) is 0 Å². The molecule has 6 heterocycles. The maximum absolute atomic E-state index is 14.0. The number of carbonyl (C=O) groups excluding carboxylic acids is 3. The number of ketones is 1. The smallest absolute Gasteiger partial charge is 0.394 e. The number of phosphoric acid groups is 2. The van der Waals surface area contributed by atoms with Crippen LogP contribution in [0.25, 0.3) is 0 Å². The fourth-order valence-electron chi connectivity index (χ4n) is 7.77. The molecule has 0 bridgehead atoms. The van der Waals surface area contributed by atoms with Crippen LogP contribution in [-0.2, 0) is 70.0 Å². The van der Waals surface area contributed by atoms with Crippen LogP contribution in [-0.4, -0.2) is 175 Å². The van der Waals surface area contributed by atoms with Crippen LogP contribution < -0.4 is 44.4 Å². The molecule has 3 aliphatic rings. The number of H-pyrrole nitrogens is 3. The standard InChI is InChI=1S/C39H54N8O25P2/c1-19(49)7-13-63-31-28(55)21(69-34(31)45-10-4-25(52)42-37(45)56)17-66-73(59,60)72-30-22(70-36(33(30)65-15-9-24(51)41-3)47-12-6-27(54)44-39(47)58)18-67-74(61,62)71-29-20(16-48)68-35(32(29)64-14-8-23(50)40-2)46-11-5-26(53)43-38(46)57/h4-6,10-12,20-22,28-36,48,55H,7-9,13-18H2,1-3H3,(H,40,50)(H,41,51)(H,59,60)(H,61,62)(H,42,52,56)(H,43,53,57)(H,44,54,58)/t20-,21-,22-,28?,29?,30?,31+,32+,33+,34-,35-,36-/m1/s1. The molecule has 3 fully saturated rings. The Morgan fingerprint density at radius 3 is 1.36 bits per heavy atom. The van der Waals surface area contributed by atoms with Gasteiger partial charge in [0.25, 0.3) is 16.7 Å². The highest BCUT2D eigenvalue weighted by Gasteiger charge is 2.54. The topological polar surface area (TPSA) is 447 Å². The summed E-state index contributed by atoms with van der Waals surface area (Å²) in [6.45, 7) is -3.02. The highest BCUT2D eigenvalue weighted by molar-refractivity contribution is 7.47. The molecule has 9 N–H and O–H groups in total. The molecule has 3 aromatic rings. The lowest BCUT2D eigenvalue weighted by atomic mass is 10.1. The number of ether oxygens (including phenoxy) is 6. The number of rotatable bonds is 26. The maximum atomic E-state index is 14.0. The first kappa shape index (κ1) is 57.8. The minimum atomic E-state index is -5.56. The molecule has 35 heteroatoms. The number of amides is 2. The summed E-state index contributed by atoms with van der Waals surface area (Å²) < 4.78 is 87.0. The lowest BCUT2D eigenvalue weighted by Gasteiger charge is -2.28. The summed E-state index contributed by atoms with van der Waals surface area (Å²) in [5.41, 5.74) is -5.59. The van der Waals surface area contributed by atoms with Crippen molar-refractivity contribution in [2.75, 3.05) is 53.7 Å². The first-order valence-electron chi connectivity index (χ1n) is 22.3. The Morgan fingerprint density at radius 2 is 0.959 bits per heavy atom. The first-order valence-corrected chi connectivity index (χ1v) is 25.3. The summed E-state index contributed by atoms with van der Waals surface area (Å²) in [4.78, 5) is 139. The molecular weight excluding hydrogens is 1040 g/mol. The number of carbonyl (C=O) groups is 3. The second kappa shape index (κ2) is 25.4. The van der Waals surface area contributed by atoms with Crippen LogP contribution in [0.5, 0.6) is 0 Å². The number of hydrogen-bond donors (Lipinski definition) is 9. The summed E-state index contributed by atoms with van der Waals surface area (Å²) in [5.74, 6) is -1.36. The second-order valence-electron chi connectivity index (χ2n) is 16.4. The van der Waals surface area contributed by atoms with E-state index in [1.54, 1.807) is 0 Å². The fraction of sp³-hybridized carbons (Fsp3) is 0.615. The number of nitrogens with zero attached hydrogens (tertiary/aromatic N) is 3. The van der Waals surface area contributed by atoms with Gasteiger partial charge in [-0.05, 0) is 6.92 Å². The quantitative estimate of drug-likeness (QED) is 0.0340. The van der Waals surface area contributed by atoms with Crippen molar-refractivity contribution in [3.05, 3.63) is 99.3 Å². The number of aliphatic hydroxyl groups is 2. The van der Waals surface area contributed by atoms with Gasteiger partial charge < -0.3 is 59.1 Å². The molecule has 0 aromatic carbocycles. The average molecular weight is 1100 g/mol. The van der Waals surface area contributed by atoms with Gasteiger partial charge in [-0.2, -0.15) is 0 Å². The van der Waals surface area contributed by atoms with E-state index >= 15 is 0 Å². The van der Waals surface area contributed by atoms with Crippen molar-refractivity contribution in [2.24, 2.45) is 0 Å². The largest absolute Gasteiger partial charge is 0.472 e. The molecule has 0 saturated carbocycles. The Balaban J connectivity index is 1.28. The van der Waals surface area contributed by atoms with Crippen LogP contribution in [0.4, 0.5) is 0 Å². The fourth-order valence-corrected chi connectivity index (χ4v) is 9.68. The molecule has 3 aliphatic heterocycles. The monoisotopic (exact) mass is 1100 g/mol. The van der Waals surface area contributed by atoms with Crippen LogP contribution >= 0.6 is 15.6 Å². The first-order chi connectivity index (χ1) is 35.0. The summed E-state index contributed by atoms with van der Waals surface area (Å²) in [5, 5.41) is 26.3. The Hall–Kier alpha value is -5.45. The lowest BCUT2D eigenvalue weighted by molar-refractivity contribution is -0.124. The number of hydrogen-bond acceptors (Lipinski definition) is 23. The van der Waals surface area contributed by atoms with Gasteiger partial charge in [0, 0.05) is 70.1 Å². The Kier molecular flexibility index (Phi) is 19.8. The van der Waals surface area contributed by atoms with E-state index in [1.165, 1.54) is 21.0 Å². The maximum Gasteiger partial charge on any atom is 0.472 e. The summed E-state index contributed by atoms with van der Waals surface area (Å²) >= 11 is 0. The molecule has 5 unspecified atom stereocenters. The minimum Gasteiger partial charge on any atom is -0.394 e. The van der Waals surface area contributed by atoms with E-state index in [0.29, 0.717) is 0 Å². The van der Waals surface area contributed by atoms with Crippen molar-refractivity contribution in [3.8, 4) is 0 Å². The van der Waals surface area contributed by atoms with Gasteiger partial charge in [-0.25, -0.2) is 23.5 Å². The number of nitrogens with one attached hydrogen (secondary N) is 5. The molecule has 0 aliphatic carbocycles. The van der Waals surface area contributed by atoms with Gasteiger partial charge in [-0.3, -0.25) is 75.5 Å². The highest BCUT2D eigenvalue weighted by atomic mass is 31.2.